The van der Waals surface area contributed by atoms with Gasteiger partial charge in [-0.05, 0) is 31.2 Å². The van der Waals surface area contributed by atoms with E-state index in [1.54, 1.807) is 7.05 Å². The number of nitrogens with one attached hydrogen (secondary N) is 1. The molecule has 0 aromatic heterocycles. The molecular weight excluding hydrogens is 280 g/mol. The summed E-state index contributed by atoms with van der Waals surface area (Å²) in [6.07, 6.45) is 2.18. The Morgan fingerprint density at radius 2 is 2.24 bits per heavy atom. The van der Waals surface area contributed by atoms with Crippen molar-refractivity contribution in [3.63, 3.8) is 0 Å². The van der Waals surface area contributed by atoms with E-state index in [0.717, 1.165) is 37.8 Å². The molecule has 4 heteroatoms. The van der Waals surface area contributed by atoms with Gasteiger partial charge in [0.05, 0.1) is 5.92 Å². The summed E-state index contributed by atoms with van der Waals surface area (Å²) in [6.45, 7) is 7.72. The van der Waals surface area contributed by atoms with E-state index < -0.39 is 0 Å². The van der Waals surface area contributed by atoms with Crippen molar-refractivity contribution in [1.29, 1.82) is 0 Å². The number of carbonyl (C=O) groups is 1. The van der Waals surface area contributed by atoms with Gasteiger partial charge in [-0.3, -0.25) is 4.79 Å². The molecule has 2 unspecified atom stereocenters. The Bertz CT molecular complexity index is 246. The molecule has 0 aliphatic carbocycles. The average Bonchev–Trinajstić information content (AvgIpc) is 2.34. The molecule has 17 heavy (non-hydrogen) atoms. The van der Waals surface area contributed by atoms with Crippen LogP contribution in [0.5, 0.6) is 0 Å². The van der Waals surface area contributed by atoms with Crippen LogP contribution in [0.25, 0.3) is 0 Å². The molecule has 1 fully saturated rings. The number of hydrogen-bond donors (Lipinski definition) is 1. The molecule has 0 spiro atoms. The van der Waals surface area contributed by atoms with Crippen LogP contribution in [0.2, 0.25) is 0 Å². The van der Waals surface area contributed by atoms with Crippen molar-refractivity contribution in [2.24, 2.45) is 17.8 Å². The average molecular weight is 305 g/mol. The largest absolute Gasteiger partial charge is 0.359 e. The van der Waals surface area contributed by atoms with Gasteiger partial charge in [0, 0.05) is 25.5 Å². The van der Waals surface area contributed by atoms with Gasteiger partial charge in [-0.2, -0.15) is 0 Å². The van der Waals surface area contributed by atoms with E-state index in [1.165, 1.54) is 0 Å². The van der Waals surface area contributed by atoms with Gasteiger partial charge in [0.25, 0.3) is 0 Å². The van der Waals surface area contributed by atoms with Gasteiger partial charge < -0.3 is 10.2 Å². The number of likely N-dealkylation sites (tertiary alicyclic amines) is 1. The fourth-order valence-electron chi connectivity index (χ4n) is 2.41. The summed E-state index contributed by atoms with van der Waals surface area (Å²) in [5, 5.41) is 3.82. The molecular formula is C13H25BrN2O. The highest BCUT2D eigenvalue weighted by atomic mass is 79.9. The van der Waals surface area contributed by atoms with Crippen molar-refractivity contribution < 1.29 is 4.79 Å². The summed E-state index contributed by atoms with van der Waals surface area (Å²) in [5.74, 6) is 1.76. The zero-order valence-corrected chi connectivity index (χ0v) is 12.8. The SMILES string of the molecule is CNC(=O)C1CCCN(CC(CBr)C(C)C)C1. The molecule has 0 saturated carbocycles. The lowest BCUT2D eigenvalue weighted by Gasteiger charge is -2.34. The van der Waals surface area contributed by atoms with Gasteiger partial charge >= 0.3 is 0 Å². The van der Waals surface area contributed by atoms with Crippen LogP contribution in [0.1, 0.15) is 26.7 Å². The van der Waals surface area contributed by atoms with Gasteiger partial charge in [-0.25, -0.2) is 0 Å². The number of carbonyl (C=O) groups excluding carboxylic acids is 1. The first-order valence-corrected chi connectivity index (χ1v) is 7.70. The maximum atomic E-state index is 11.7. The van der Waals surface area contributed by atoms with Crippen molar-refractivity contribution in [3.8, 4) is 0 Å². The third-order valence-corrected chi connectivity index (χ3v) is 4.59. The molecule has 0 radical (unpaired) electrons. The van der Waals surface area contributed by atoms with Gasteiger partial charge in [-0.15, -0.1) is 0 Å². The van der Waals surface area contributed by atoms with Crippen LogP contribution in [0.4, 0.5) is 0 Å². The third-order valence-electron chi connectivity index (χ3n) is 3.76. The molecule has 2 atom stereocenters. The van der Waals surface area contributed by atoms with Crippen LogP contribution in [0.3, 0.4) is 0 Å². The fraction of sp³-hybridized carbons (Fsp3) is 0.923. The van der Waals surface area contributed by atoms with E-state index in [1.807, 2.05) is 0 Å². The topological polar surface area (TPSA) is 32.3 Å². The van der Waals surface area contributed by atoms with Crippen LogP contribution in [0.15, 0.2) is 0 Å². The summed E-state index contributed by atoms with van der Waals surface area (Å²) in [7, 11) is 1.73. The van der Waals surface area contributed by atoms with E-state index in [-0.39, 0.29) is 11.8 Å². The molecule has 3 nitrogen and oxygen atoms in total. The monoisotopic (exact) mass is 304 g/mol. The fourth-order valence-corrected chi connectivity index (χ4v) is 3.36. The van der Waals surface area contributed by atoms with Gasteiger partial charge in [0.1, 0.15) is 0 Å². The lowest BCUT2D eigenvalue weighted by molar-refractivity contribution is -0.126. The third kappa shape index (κ3) is 4.59. The number of alkyl halides is 1. The van der Waals surface area contributed by atoms with Crippen molar-refractivity contribution in [1.82, 2.24) is 10.2 Å². The van der Waals surface area contributed by atoms with Crippen molar-refractivity contribution in [2.75, 3.05) is 32.0 Å². The highest BCUT2D eigenvalue weighted by Gasteiger charge is 2.26. The van der Waals surface area contributed by atoms with Crippen LogP contribution in [0, 0.1) is 17.8 Å². The normalized spacial score (nSPS) is 23.7. The van der Waals surface area contributed by atoms with E-state index in [2.05, 4.69) is 40.0 Å². The predicted octanol–water partition coefficient (Wildman–Crippen LogP) is 2.11. The Kier molecular flexibility index (Phi) is 6.49. The zero-order chi connectivity index (χ0) is 12.8. The Balaban J connectivity index is 2.46. The van der Waals surface area contributed by atoms with Gasteiger partial charge in [0.2, 0.25) is 5.91 Å². The molecule has 100 valence electrons. The molecule has 1 heterocycles. The summed E-state index contributed by atoms with van der Waals surface area (Å²) in [6, 6.07) is 0. The molecule has 1 N–H and O–H groups in total. The minimum atomic E-state index is 0.192. The summed E-state index contributed by atoms with van der Waals surface area (Å²) < 4.78 is 0. The molecule has 1 amide bonds. The number of amides is 1. The molecule has 0 bridgehead atoms. The number of halogens is 1. The molecule has 0 aromatic carbocycles. The van der Waals surface area contributed by atoms with E-state index >= 15 is 0 Å². The molecule has 1 saturated heterocycles. The quantitative estimate of drug-likeness (QED) is 0.789. The number of piperidine rings is 1. The van der Waals surface area contributed by atoms with Crippen LogP contribution in [-0.4, -0.2) is 42.8 Å². The lowest BCUT2D eigenvalue weighted by Crippen LogP contribution is -2.44. The number of rotatable bonds is 5. The Labute approximate surface area is 113 Å². The Hall–Kier alpha value is -0.0900. The summed E-state index contributed by atoms with van der Waals surface area (Å²) in [5.41, 5.74) is 0. The van der Waals surface area contributed by atoms with Crippen LogP contribution in [-0.2, 0) is 4.79 Å². The zero-order valence-electron chi connectivity index (χ0n) is 11.2. The van der Waals surface area contributed by atoms with Crippen LogP contribution < -0.4 is 5.32 Å². The standard InChI is InChI=1S/C13H25BrN2O/c1-10(2)12(7-14)9-16-6-4-5-11(8-16)13(17)15-3/h10-12H,4-9H2,1-3H3,(H,15,17). The summed E-state index contributed by atoms with van der Waals surface area (Å²) >= 11 is 3.60. The number of hydrogen-bond acceptors (Lipinski definition) is 2. The van der Waals surface area contributed by atoms with Crippen molar-refractivity contribution in [3.05, 3.63) is 0 Å². The molecule has 1 aliphatic heterocycles. The molecule has 0 aromatic rings. The van der Waals surface area contributed by atoms with Gasteiger partial charge in [0.15, 0.2) is 0 Å². The minimum absolute atomic E-state index is 0.192. The van der Waals surface area contributed by atoms with Crippen molar-refractivity contribution in [2.45, 2.75) is 26.7 Å². The summed E-state index contributed by atoms with van der Waals surface area (Å²) in [4.78, 5) is 14.1. The maximum absolute atomic E-state index is 11.7. The lowest BCUT2D eigenvalue weighted by atomic mass is 9.93. The Morgan fingerprint density at radius 3 is 2.76 bits per heavy atom. The highest BCUT2D eigenvalue weighted by molar-refractivity contribution is 9.09. The van der Waals surface area contributed by atoms with Crippen LogP contribution >= 0.6 is 15.9 Å². The molecule has 1 rings (SSSR count). The highest BCUT2D eigenvalue weighted by Crippen LogP contribution is 2.21. The van der Waals surface area contributed by atoms with E-state index in [4.69, 9.17) is 0 Å². The van der Waals surface area contributed by atoms with E-state index in [9.17, 15) is 4.79 Å². The first kappa shape index (κ1) is 15.0. The smallest absolute Gasteiger partial charge is 0.224 e. The van der Waals surface area contributed by atoms with E-state index in [0.29, 0.717) is 11.8 Å². The van der Waals surface area contributed by atoms with Gasteiger partial charge in [-0.1, -0.05) is 29.8 Å². The second-order valence-electron chi connectivity index (χ2n) is 5.37. The maximum Gasteiger partial charge on any atom is 0.224 e. The first-order chi connectivity index (χ1) is 8.08. The molecule has 1 aliphatic rings. The second-order valence-corrected chi connectivity index (χ2v) is 6.02. The van der Waals surface area contributed by atoms with Crippen molar-refractivity contribution >= 4 is 21.8 Å². The minimum Gasteiger partial charge on any atom is -0.359 e. The number of nitrogens with zero attached hydrogens (tertiary/aromatic N) is 1. The first-order valence-electron chi connectivity index (χ1n) is 6.58. The Morgan fingerprint density at radius 1 is 1.53 bits per heavy atom. The predicted molar refractivity (Wildman–Crippen MR) is 75.4 cm³/mol. The second kappa shape index (κ2) is 7.37.